The van der Waals surface area contributed by atoms with Gasteiger partial charge in [-0.05, 0) is 19.1 Å². The van der Waals surface area contributed by atoms with Crippen LogP contribution in [-0.2, 0) is 0 Å². The van der Waals surface area contributed by atoms with Crippen LogP contribution in [0.2, 0.25) is 0 Å². The zero-order valence-electron chi connectivity index (χ0n) is 9.22. The van der Waals surface area contributed by atoms with Crippen molar-refractivity contribution in [3.8, 4) is 0 Å². The molecule has 1 aromatic carbocycles. The number of hydrogen-bond donors (Lipinski definition) is 1. The van der Waals surface area contributed by atoms with Crippen LogP contribution in [-0.4, -0.2) is 30.6 Å². The van der Waals surface area contributed by atoms with Crippen LogP contribution in [0.25, 0.3) is 0 Å². The molecule has 1 atom stereocenters. The first-order chi connectivity index (χ1) is 7.66. The molecule has 0 unspecified atom stereocenters. The molecule has 16 heavy (non-hydrogen) atoms. The smallest absolute Gasteiger partial charge is 0.269 e. The summed E-state index contributed by atoms with van der Waals surface area (Å²) in [5.74, 6) is 0. The molecule has 0 spiro atoms. The van der Waals surface area contributed by atoms with Gasteiger partial charge in [-0.15, -0.1) is 0 Å². The molecule has 1 aliphatic rings. The number of rotatable bonds is 2. The molecular weight excluding hydrogens is 206 g/mol. The fourth-order valence-electron chi connectivity index (χ4n) is 1.95. The van der Waals surface area contributed by atoms with Gasteiger partial charge in [-0.3, -0.25) is 10.1 Å². The topological polar surface area (TPSA) is 58.4 Å². The van der Waals surface area contributed by atoms with Crippen LogP contribution in [0.4, 0.5) is 11.4 Å². The highest BCUT2D eigenvalue weighted by molar-refractivity contribution is 5.51. The van der Waals surface area contributed by atoms with Gasteiger partial charge in [0, 0.05) is 43.5 Å². The fourth-order valence-corrected chi connectivity index (χ4v) is 1.95. The summed E-state index contributed by atoms with van der Waals surface area (Å²) in [6.07, 6.45) is 0. The van der Waals surface area contributed by atoms with E-state index in [1.54, 1.807) is 12.1 Å². The van der Waals surface area contributed by atoms with E-state index >= 15 is 0 Å². The van der Waals surface area contributed by atoms with Crippen LogP contribution in [0.15, 0.2) is 24.3 Å². The highest BCUT2D eigenvalue weighted by atomic mass is 16.6. The van der Waals surface area contributed by atoms with E-state index in [4.69, 9.17) is 0 Å². The summed E-state index contributed by atoms with van der Waals surface area (Å²) in [6.45, 7) is 4.98. The molecule has 86 valence electrons. The van der Waals surface area contributed by atoms with Gasteiger partial charge in [0.05, 0.1) is 4.92 Å². The number of hydrogen-bond acceptors (Lipinski definition) is 4. The minimum absolute atomic E-state index is 0.145. The lowest BCUT2D eigenvalue weighted by Gasteiger charge is -2.33. The van der Waals surface area contributed by atoms with E-state index in [1.165, 1.54) is 0 Å². The molecule has 0 radical (unpaired) electrons. The molecule has 0 saturated carbocycles. The number of non-ortho nitro benzene ring substituents is 1. The Morgan fingerprint density at radius 3 is 2.69 bits per heavy atom. The number of benzene rings is 1. The third-order valence-electron chi connectivity index (χ3n) is 2.79. The van der Waals surface area contributed by atoms with Crippen molar-refractivity contribution >= 4 is 11.4 Å². The van der Waals surface area contributed by atoms with Crippen molar-refractivity contribution in [3.05, 3.63) is 34.4 Å². The summed E-state index contributed by atoms with van der Waals surface area (Å²) in [5, 5.41) is 13.9. The molecule has 0 bridgehead atoms. The van der Waals surface area contributed by atoms with Gasteiger partial charge in [0.1, 0.15) is 0 Å². The third-order valence-corrected chi connectivity index (χ3v) is 2.79. The monoisotopic (exact) mass is 221 g/mol. The van der Waals surface area contributed by atoms with Crippen LogP contribution >= 0.6 is 0 Å². The van der Waals surface area contributed by atoms with Crippen molar-refractivity contribution in [2.75, 3.05) is 24.5 Å². The highest BCUT2D eigenvalue weighted by Crippen LogP contribution is 2.20. The molecule has 0 aromatic heterocycles. The average molecular weight is 221 g/mol. The van der Waals surface area contributed by atoms with Crippen LogP contribution in [0.5, 0.6) is 0 Å². The Morgan fingerprint density at radius 1 is 1.44 bits per heavy atom. The Hall–Kier alpha value is -1.62. The second kappa shape index (κ2) is 4.49. The quantitative estimate of drug-likeness (QED) is 0.605. The molecule has 1 aliphatic heterocycles. The van der Waals surface area contributed by atoms with E-state index < -0.39 is 0 Å². The summed E-state index contributed by atoms with van der Waals surface area (Å²) in [5.41, 5.74) is 1.20. The van der Waals surface area contributed by atoms with E-state index in [1.807, 2.05) is 12.1 Å². The lowest BCUT2D eigenvalue weighted by molar-refractivity contribution is -0.384. The molecule has 5 nitrogen and oxygen atoms in total. The van der Waals surface area contributed by atoms with Crippen LogP contribution in [0.3, 0.4) is 0 Å². The normalized spacial score (nSPS) is 20.8. The summed E-state index contributed by atoms with van der Waals surface area (Å²) >= 11 is 0. The van der Waals surface area contributed by atoms with E-state index in [-0.39, 0.29) is 10.6 Å². The summed E-state index contributed by atoms with van der Waals surface area (Å²) in [6, 6.07) is 7.21. The minimum Gasteiger partial charge on any atom is -0.369 e. The van der Waals surface area contributed by atoms with Crippen molar-refractivity contribution in [2.45, 2.75) is 13.0 Å². The zero-order chi connectivity index (χ0) is 11.5. The molecule has 1 fully saturated rings. The largest absolute Gasteiger partial charge is 0.369 e. The van der Waals surface area contributed by atoms with Gasteiger partial charge < -0.3 is 10.2 Å². The molecular formula is C11H15N3O2. The first-order valence-electron chi connectivity index (χ1n) is 5.39. The van der Waals surface area contributed by atoms with Crippen molar-refractivity contribution in [2.24, 2.45) is 0 Å². The molecule has 1 N–H and O–H groups in total. The van der Waals surface area contributed by atoms with Crippen LogP contribution in [0, 0.1) is 10.1 Å². The van der Waals surface area contributed by atoms with Gasteiger partial charge in [-0.2, -0.15) is 0 Å². The predicted molar refractivity (Wildman–Crippen MR) is 62.8 cm³/mol. The minimum atomic E-state index is -0.371. The predicted octanol–water partition coefficient (Wildman–Crippen LogP) is 1.39. The second-order valence-corrected chi connectivity index (χ2v) is 4.07. The Labute approximate surface area is 94.2 Å². The molecule has 2 rings (SSSR count). The van der Waals surface area contributed by atoms with Crippen molar-refractivity contribution < 1.29 is 4.92 Å². The maximum Gasteiger partial charge on any atom is 0.269 e. The lowest BCUT2D eigenvalue weighted by atomic mass is 10.2. The van der Waals surface area contributed by atoms with Crippen LogP contribution < -0.4 is 10.2 Å². The summed E-state index contributed by atoms with van der Waals surface area (Å²) in [4.78, 5) is 12.4. The first-order valence-corrected chi connectivity index (χ1v) is 5.39. The van der Waals surface area contributed by atoms with Crippen molar-refractivity contribution in [3.63, 3.8) is 0 Å². The van der Waals surface area contributed by atoms with E-state index in [0.717, 1.165) is 25.3 Å². The Balaban J connectivity index is 2.11. The Morgan fingerprint density at radius 2 is 2.12 bits per heavy atom. The standard InChI is InChI=1S/C11H15N3O2/c1-9-8-13(7-6-12-9)10-2-4-11(5-3-10)14(15)16/h2-5,9,12H,6-8H2,1H3/t9-/m0/s1. The Kier molecular flexibility index (Phi) is 3.05. The lowest BCUT2D eigenvalue weighted by Crippen LogP contribution is -2.49. The number of anilines is 1. The average Bonchev–Trinajstić information content (AvgIpc) is 2.29. The number of nitrogens with zero attached hydrogens (tertiary/aromatic N) is 2. The molecule has 1 saturated heterocycles. The third kappa shape index (κ3) is 2.30. The maximum absolute atomic E-state index is 10.5. The van der Waals surface area contributed by atoms with Gasteiger partial charge in [0.15, 0.2) is 0 Å². The summed E-state index contributed by atoms with van der Waals surface area (Å²) < 4.78 is 0. The highest BCUT2D eigenvalue weighted by Gasteiger charge is 2.16. The van der Waals surface area contributed by atoms with Crippen molar-refractivity contribution in [1.82, 2.24) is 5.32 Å². The van der Waals surface area contributed by atoms with E-state index in [0.29, 0.717) is 6.04 Å². The number of nitrogens with one attached hydrogen (secondary N) is 1. The number of piperazine rings is 1. The van der Waals surface area contributed by atoms with Gasteiger partial charge in [-0.1, -0.05) is 0 Å². The number of nitro benzene ring substituents is 1. The second-order valence-electron chi connectivity index (χ2n) is 4.07. The van der Waals surface area contributed by atoms with Gasteiger partial charge >= 0.3 is 0 Å². The molecule has 5 heteroatoms. The zero-order valence-corrected chi connectivity index (χ0v) is 9.22. The van der Waals surface area contributed by atoms with Crippen molar-refractivity contribution in [1.29, 1.82) is 0 Å². The van der Waals surface area contributed by atoms with Crippen LogP contribution in [0.1, 0.15) is 6.92 Å². The first kappa shape index (κ1) is 10.9. The number of nitro groups is 1. The molecule has 1 heterocycles. The SMILES string of the molecule is C[C@H]1CN(c2ccc([N+](=O)[O-])cc2)CCN1. The van der Waals surface area contributed by atoms with E-state index in [2.05, 4.69) is 17.1 Å². The van der Waals surface area contributed by atoms with E-state index in [9.17, 15) is 10.1 Å². The van der Waals surface area contributed by atoms with Gasteiger partial charge in [0.2, 0.25) is 0 Å². The maximum atomic E-state index is 10.5. The molecule has 0 amide bonds. The molecule has 1 aromatic rings. The Bertz CT molecular complexity index is 377. The fraction of sp³-hybridized carbons (Fsp3) is 0.455. The van der Waals surface area contributed by atoms with Gasteiger partial charge in [-0.25, -0.2) is 0 Å². The van der Waals surface area contributed by atoms with Gasteiger partial charge in [0.25, 0.3) is 5.69 Å². The summed E-state index contributed by atoms with van der Waals surface area (Å²) in [7, 11) is 0. The molecule has 0 aliphatic carbocycles.